The molecule has 3 rings (SSSR count). The molecule has 0 bridgehead atoms. The van der Waals surface area contributed by atoms with Crippen LogP contribution in [-0.2, 0) is 11.2 Å². The molecule has 1 N–H and O–H groups in total. The number of phenols is 1. The lowest BCUT2D eigenvalue weighted by molar-refractivity contribution is -0.0512. The molecule has 1 heterocycles. The molecule has 0 aromatic heterocycles. The molecule has 3 atom stereocenters. The van der Waals surface area contributed by atoms with Crippen LogP contribution >= 0.6 is 15.9 Å². The number of rotatable bonds is 5. The third kappa shape index (κ3) is 4.52. The van der Waals surface area contributed by atoms with Crippen molar-refractivity contribution in [3.05, 3.63) is 59.7 Å². The van der Waals surface area contributed by atoms with Crippen LogP contribution in [-0.4, -0.2) is 23.1 Å². The maximum absolute atomic E-state index is 9.37. The summed E-state index contributed by atoms with van der Waals surface area (Å²) in [5, 5.41) is 9.37. The highest BCUT2D eigenvalue weighted by Crippen LogP contribution is 2.36. The number of phenolic OH excluding ortho intramolecular Hbond substituents is 1. The molecule has 0 saturated carbocycles. The summed E-state index contributed by atoms with van der Waals surface area (Å²) in [5.74, 6) is 1.18. The summed E-state index contributed by atoms with van der Waals surface area (Å²) in [6.45, 7) is 0. The number of alkyl halides is 1. The van der Waals surface area contributed by atoms with Crippen molar-refractivity contribution in [2.24, 2.45) is 0 Å². The molecule has 0 amide bonds. The molecular weight excluding hydrogens is 368 g/mol. The van der Waals surface area contributed by atoms with Gasteiger partial charge in [0.15, 0.2) is 0 Å². The molecule has 1 fully saturated rings. The van der Waals surface area contributed by atoms with E-state index in [1.54, 1.807) is 19.2 Å². The zero-order chi connectivity index (χ0) is 16.9. The van der Waals surface area contributed by atoms with Crippen molar-refractivity contribution in [2.75, 3.05) is 7.11 Å². The van der Waals surface area contributed by atoms with Crippen molar-refractivity contribution in [1.82, 2.24) is 0 Å². The van der Waals surface area contributed by atoms with Crippen LogP contribution in [0.5, 0.6) is 11.5 Å². The van der Waals surface area contributed by atoms with Crippen molar-refractivity contribution in [3.63, 3.8) is 0 Å². The highest BCUT2D eigenvalue weighted by molar-refractivity contribution is 9.09. The van der Waals surface area contributed by atoms with Crippen LogP contribution in [0.15, 0.2) is 48.5 Å². The molecule has 0 aliphatic carbocycles. The van der Waals surface area contributed by atoms with Gasteiger partial charge in [-0.25, -0.2) is 0 Å². The van der Waals surface area contributed by atoms with Gasteiger partial charge in [0.1, 0.15) is 11.5 Å². The van der Waals surface area contributed by atoms with Crippen LogP contribution < -0.4 is 4.74 Å². The van der Waals surface area contributed by atoms with Gasteiger partial charge in [-0.15, -0.1) is 0 Å². The standard InChI is InChI=1S/C20H23BrO3/c1-23-18-10-5-15(6-11-18)20-13-16(21)12-19(24-20)9-4-14-2-7-17(22)8-3-14/h2-3,5-8,10-11,16,19-20,22H,4,9,12-13H2,1H3/t16-,19+,20+/m0/s1. The first-order valence-corrected chi connectivity index (χ1v) is 9.27. The average molecular weight is 391 g/mol. The number of halogens is 1. The minimum Gasteiger partial charge on any atom is -0.508 e. The van der Waals surface area contributed by atoms with Crippen LogP contribution in [0.2, 0.25) is 0 Å². The number of hydrogen-bond donors (Lipinski definition) is 1. The number of aryl methyl sites for hydroxylation is 1. The third-order valence-corrected chi connectivity index (χ3v) is 5.27. The number of benzene rings is 2. The van der Waals surface area contributed by atoms with Gasteiger partial charge in [-0.2, -0.15) is 0 Å². The summed E-state index contributed by atoms with van der Waals surface area (Å²) in [6, 6.07) is 15.6. The van der Waals surface area contributed by atoms with Crippen molar-refractivity contribution in [2.45, 2.75) is 42.7 Å². The number of methoxy groups -OCH3 is 1. The zero-order valence-electron chi connectivity index (χ0n) is 13.8. The Morgan fingerprint density at radius 2 is 1.79 bits per heavy atom. The Bertz CT molecular complexity index is 639. The van der Waals surface area contributed by atoms with Gasteiger partial charge >= 0.3 is 0 Å². The Labute approximate surface area is 151 Å². The highest BCUT2D eigenvalue weighted by Gasteiger charge is 2.28. The molecule has 1 aliphatic rings. The topological polar surface area (TPSA) is 38.7 Å². The van der Waals surface area contributed by atoms with E-state index in [2.05, 4.69) is 28.1 Å². The zero-order valence-corrected chi connectivity index (χ0v) is 15.4. The minimum atomic E-state index is 0.124. The van der Waals surface area contributed by atoms with E-state index >= 15 is 0 Å². The van der Waals surface area contributed by atoms with Gasteiger partial charge in [-0.3, -0.25) is 0 Å². The molecule has 128 valence electrons. The Morgan fingerprint density at radius 3 is 2.46 bits per heavy atom. The van der Waals surface area contributed by atoms with Crippen LogP contribution in [0.1, 0.15) is 36.5 Å². The van der Waals surface area contributed by atoms with Gasteiger partial charge in [-0.05, 0) is 61.1 Å². The first-order valence-electron chi connectivity index (χ1n) is 8.35. The van der Waals surface area contributed by atoms with Crippen molar-refractivity contribution in [3.8, 4) is 11.5 Å². The van der Waals surface area contributed by atoms with E-state index in [4.69, 9.17) is 9.47 Å². The van der Waals surface area contributed by atoms with Gasteiger partial charge in [0.2, 0.25) is 0 Å². The molecule has 0 unspecified atom stereocenters. The quantitative estimate of drug-likeness (QED) is 0.728. The number of aromatic hydroxyl groups is 1. The van der Waals surface area contributed by atoms with Crippen LogP contribution in [0, 0.1) is 0 Å². The fourth-order valence-electron chi connectivity index (χ4n) is 3.17. The maximum atomic E-state index is 9.37. The second-order valence-electron chi connectivity index (χ2n) is 6.29. The smallest absolute Gasteiger partial charge is 0.118 e. The second kappa shape index (κ2) is 8.04. The Morgan fingerprint density at radius 1 is 1.08 bits per heavy atom. The van der Waals surface area contributed by atoms with E-state index in [0.29, 0.717) is 10.6 Å². The van der Waals surface area contributed by atoms with Crippen molar-refractivity contribution in [1.29, 1.82) is 0 Å². The fraction of sp³-hybridized carbons (Fsp3) is 0.400. The summed E-state index contributed by atoms with van der Waals surface area (Å²) < 4.78 is 11.6. The molecule has 1 aliphatic heterocycles. The first-order chi connectivity index (χ1) is 11.6. The van der Waals surface area contributed by atoms with Crippen LogP contribution in [0.25, 0.3) is 0 Å². The normalized spacial score (nSPS) is 23.8. The van der Waals surface area contributed by atoms with E-state index in [-0.39, 0.29) is 12.2 Å². The second-order valence-corrected chi connectivity index (χ2v) is 7.59. The van der Waals surface area contributed by atoms with Gasteiger partial charge in [0, 0.05) is 4.83 Å². The molecule has 4 heteroatoms. The van der Waals surface area contributed by atoms with E-state index in [0.717, 1.165) is 31.4 Å². The predicted molar refractivity (Wildman–Crippen MR) is 99.0 cm³/mol. The fourth-order valence-corrected chi connectivity index (χ4v) is 3.92. The molecule has 2 aromatic rings. The van der Waals surface area contributed by atoms with E-state index < -0.39 is 0 Å². The molecule has 24 heavy (non-hydrogen) atoms. The third-order valence-electron chi connectivity index (χ3n) is 4.52. The molecule has 0 radical (unpaired) electrons. The molecule has 0 spiro atoms. The molecule has 3 nitrogen and oxygen atoms in total. The predicted octanol–water partition coefficient (Wildman–Crippen LogP) is 5.02. The largest absolute Gasteiger partial charge is 0.508 e. The van der Waals surface area contributed by atoms with E-state index in [1.165, 1.54) is 11.1 Å². The van der Waals surface area contributed by atoms with Crippen molar-refractivity contribution >= 4 is 15.9 Å². The molecule has 1 saturated heterocycles. The van der Waals surface area contributed by atoms with E-state index in [1.807, 2.05) is 24.3 Å². The summed E-state index contributed by atoms with van der Waals surface area (Å²) in [4.78, 5) is 0.475. The SMILES string of the molecule is COc1ccc([C@H]2C[C@@H](Br)C[C@@H](CCc3ccc(O)cc3)O2)cc1. The number of hydrogen-bond acceptors (Lipinski definition) is 3. The lowest BCUT2D eigenvalue weighted by atomic mass is 9.95. The van der Waals surface area contributed by atoms with Crippen LogP contribution in [0.3, 0.4) is 0 Å². The average Bonchev–Trinajstić information content (AvgIpc) is 2.61. The van der Waals surface area contributed by atoms with Crippen molar-refractivity contribution < 1.29 is 14.6 Å². The van der Waals surface area contributed by atoms with Crippen LogP contribution in [0.4, 0.5) is 0 Å². The minimum absolute atomic E-state index is 0.124. The van der Waals surface area contributed by atoms with Gasteiger partial charge in [-0.1, -0.05) is 40.2 Å². The molecule has 2 aromatic carbocycles. The summed E-state index contributed by atoms with van der Waals surface area (Å²) in [5.41, 5.74) is 2.43. The lowest BCUT2D eigenvalue weighted by Gasteiger charge is -2.33. The number of ether oxygens (including phenoxy) is 2. The summed E-state index contributed by atoms with van der Waals surface area (Å²) >= 11 is 3.79. The van der Waals surface area contributed by atoms with Gasteiger partial charge in [0.05, 0.1) is 19.3 Å². The molecular formula is C20H23BrO3. The monoisotopic (exact) mass is 390 g/mol. The Hall–Kier alpha value is -1.52. The summed E-state index contributed by atoms with van der Waals surface area (Å²) in [6.07, 6.45) is 4.33. The van der Waals surface area contributed by atoms with E-state index in [9.17, 15) is 5.11 Å². The van der Waals surface area contributed by atoms with Gasteiger partial charge < -0.3 is 14.6 Å². The Balaban J connectivity index is 1.61. The lowest BCUT2D eigenvalue weighted by Crippen LogP contribution is -2.29. The van der Waals surface area contributed by atoms with Gasteiger partial charge in [0.25, 0.3) is 0 Å². The maximum Gasteiger partial charge on any atom is 0.118 e. The summed E-state index contributed by atoms with van der Waals surface area (Å²) in [7, 11) is 1.68. The first kappa shape index (κ1) is 17.3. The Kier molecular flexibility index (Phi) is 5.80. The highest BCUT2D eigenvalue weighted by atomic mass is 79.9.